The SMILES string of the molecule is CC(C)C(=O)O[C@H]1[C@H](C)OC(=O)CCOC(=O)[C@@H]1Cc1ccccc1.COc1ccnc(C(N)=O)c1OCOC(=O)C(C)C.[HH]. The summed E-state index contributed by atoms with van der Waals surface area (Å²) in [6.45, 7) is 8.05. The van der Waals surface area contributed by atoms with Crippen LogP contribution in [0.25, 0.3) is 0 Å². The number of methoxy groups -OCH3 is 1. The summed E-state index contributed by atoms with van der Waals surface area (Å²) < 4.78 is 31.2. The third-order valence-electron chi connectivity index (χ3n) is 6.25. The fourth-order valence-corrected chi connectivity index (χ4v) is 3.87. The lowest BCUT2D eigenvalue weighted by Gasteiger charge is -2.29. The summed E-state index contributed by atoms with van der Waals surface area (Å²) in [7, 11) is 1.41. The number of benzene rings is 1. The molecule has 1 saturated heterocycles. The summed E-state index contributed by atoms with van der Waals surface area (Å²) in [5.74, 6) is -3.63. The summed E-state index contributed by atoms with van der Waals surface area (Å²) in [6.07, 6.45) is 0.0434. The van der Waals surface area contributed by atoms with Crippen molar-refractivity contribution in [1.82, 2.24) is 4.98 Å². The topological polar surface area (TPSA) is 180 Å². The highest BCUT2D eigenvalue weighted by atomic mass is 16.7. The lowest BCUT2D eigenvalue weighted by molar-refractivity contribution is -0.176. The van der Waals surface area contributed by atoms with Crippen LogP contribution >= 0.6 is 0 Å². The maximum atomic E-state index is 12.6. The Labute approximate surface area is 257 Å². The van der Waals surface area contributed by atoms with Gasteiger partial charge in [0.2, 0.25) is 6.79 Å². The number of nitrogens with two attached hydrogens (primary N) is 1. The van der Waals surface area contributed by atoms with Gasteiger partial charge in [-0.05, 0) is 18.9 Å². The summed E-state index contributed by atoms with van der Waals surface area (Å²) in [4.78, 5) is 62.7. The average Bonchev–Trinajstić information content (AvgIpc) is 3.02. The Morgan fingerprint density at radius 3 is 2.30 bits per heavy atom. The van der Waals surface area contributed by atoms with Crippen molar-refractivity contribution in [3.63, 3.8) is 0 Å². The summed E-state index contributed by atoms with van der Waals surface area (Å²) in [6, 6.07) is 10.9. The van der Waals surface area contributed by atoms with E-state index in [4.69, 9.17) is 34.2 Å². The molecule has 0 saturated carbocycles. The van der Waals surface area contributed by atoms with Crippen molar-refractivity contribution in [2.45, 2.75) is 59.7 Å². The number of amides is 1. The average molecular weight is 619 g/mol. The van der Waals surface area contributed by atoms with Gasteiger partial charge < -0.3 is 34.2 Å². The molecule has 0 bridgehead atoms. The predicted molar refractivity (Wildman–Crippen MR) is 157 cm³/mol. The first kappa shape index (κ1) is 35.5. The number of primary amides is 1. The van der Waals surface area contributed by atoms with Crippen LogP contribution in [0.5, 0.6) is 11.5 Å². The van der Waals surface area contributed by atoms with Crippen LogP contribution in [-0.2, 0) is 44.5 Å². The van der Waals surface area contributed by atoms with Crippen LogP contribution in [0, 0.1) is 17.8 Å². The molecule has 3 atom stereocenters. The Hall–Kier alpha value is -4.68. The van der Waals surface area contributed by atoms with Crippen LogP contribution in [0.2, 0.25) is 0 Å². The molecular formula is C31H42N2O11. The lowest BCUT2D eigenvalue weighted by atomic mass is 9.91. The van der Waals surface area contributed by atoms with E-state index >= 15 is 0 Å². The van der Waals surface area contributed by atoms with Crippen molar-refractivity contribution < 1.29 is 53.8 Å². The van der Waals surface area contributed by atoms with E-state index in [-0.39, 0.29) is 50.3 Å². The molecule has 1 fully saturated rings. The summed E-state index contributed by atoms with van der Waals surface area (Å²) in [5.41, 5.74) is 6.00. The van der Waals surface area contributed by atoms with Crippen LogP contribution in [0.3, 0.4) is 0 Å². The highest BCUT2D eigenvalue weighted by Gasteiger charge is 2.40. The first-order valence-corrected chi connectivity index (χ1v) is 14.1. The third kappa shape index (κ3) is 10.9. The quantitative estimate of drug-likeness (QED) is 0.234. The van der Waals surface area contributed by atoms with E-state index in [0.29, 0.717) is 6.42 Å². The standard InChI is InChI=1S/C19H24O6.C12H16N2O5.H2/c1-12(2)18(21)25-17-13(3)24-16(20)9-10-23-19(22)15(17)11-14-7-5-4-6-8-14;1-7(2)12(16)19-6-18-10-8(17-3)4-5-14-9(10)11(13)15;/h4-8,12-13,15,17H,9-11H2,1-3H3;4-5,7H,6H2,1-3H3,(H2,13,15);1H/t13-,15+,17-;;/m0../s1. The van der Waals surface area contributed by atoms with Crippen LogP contribution < -0.4 is 15.2 Å². The van der Waals surface area contributed by atoms with E-state index < -0.39 is 47.9 Å². The smallest absolute Gasteiger partial charge is 0.313 e. The maximum Gasteiger partial charge on any atom is 0.313 e. The minimum atomic E-state index is -0.898. The van der Waals surface area contributed by atoms with Gasteiger partial charge in [0, 0.05) is 13.7 Å². The second-order valence-electron chi connectivity index (χ2n) is 10.4. The van der Waals surface area contributed by atoms with Gasteiger partial charge in [0.05, 0.1) is 25.4 Å². The third-order valence-corrected chi connectivity index (χ3v) is 6.25. The van der Waals surface area contributed by atoms with Crippen LogP contribution in [0.1, 0.15) is 58.5 Å². The molecule has 3 rings (SSSR count). The molecule has 13 nitrogen and oxygen atoms in total. The Morgan fingerprint density at radius 1 is 1.05 bits per heavy atom. The fraction of sp³-hybridized carbons (Fsp3) is 0.484. The molecule has 1 aliphatic heterocycles. The van der Waals surface area contributed by atoms with E-state index in [1.165, 1.54) is 19.4 Å². The Bertz CT molecular complexity index is 1290. The second kappa shape index (κ2) is 17.4. The molecule has 0 spiro atoms. The largest absolute Gasteiger partial charge is 0.493 e. The molecule has 0 aliphatic carbocycles. The van der Waals surface area contributed by atoms with Crippen LogP contribution in [0.15, 0.2) is 42.6 Å². The molecule has 44 heavy (non-hydrogen) atoms. The molecule has 1 aromatic heterocycles. The van der Waals surface area contributed by atoms with E-state index in [0.717, 1.165) is 5.56 Å². The molecule has 242 valence electrons. The second-order valence-corrected chi connectivity index (χ2v) is 10.4. The zero-order valence-electron chi connectivity index (χ0n) is 25.8. The van der Waals surface area contributed by atoms with Crippen molar-refractivity contribution in [1.29, 1.82) is 0 Å². The molecule has 1 aliphatic rings. The number of aromatic nitrogens is 1. The van der Waals surface area contributed by atoms with Crippen LogP contribution in [0.4, 0.5) is 0 Å². The maximum absolute atomic E-state index is 12.6. The Balaban J connectivity index is 0.000000457. The van der Waals surface area contributed by atoms with Crippen molar-refractivity contribution in [3.05, 3.63) is 53.9 Å². The van der Waals surface area contributed by atoms with Gasteiger partial charge in [-0.2, -0.15) is 0 Å². The molecule has 2 N–H and O–H groups in total. The van der Waals surface area contributed by atoms with Gasteiger partial charge >= 0.3 is 23.9 Å². The number of nitrogens with zero attached hydrogens (tertiary/aromatic N) is 1. The van der Waals surface area contributed by atoms with Gasteiger partial charge in [-0.1, -0.05) is 58.0 Å². The molecule has 1 amide bonds. The zero-order chi connectivity index (χ0) is 32.8. The summed E-state index contributed by atoms with van der Waals surface area (Å²) >= 11 is 0. The number of hydrogen-bond acceptors (Lipinski definition) is 12. The number of carbonyl (C=O) groups is 5. The van der Waals surface area contributed by atoms with E-state index in [1.54, 1.807) is 34.6 Å². The molecule has 0 radical (unpaired) electrons. The first-order chi connectivity index (χ1) is 20.8. The normalized spacial score (nSPS) is 18.3. The van der Waals surface area contributed by atoms with Gasteiger partial charge in [-0.15, -0.1) is 0 Å². The number of pyridine rings is 1. The molecule has 13 heteroatoms. The first-order valence-electron chi connectivity index (χ1n) is 14.1. The number of carbonyl (C=O) groups excluding carboxylic acids is 5. The number of cyclic esters (lactones) is 2. The van der Waals surface area contributed by atoms with Gasteiger partial charge in [0.25, 0.3) is 5.91 Å². The highest BCUT2D eigenvalue weighted by molar-refractivity contribution is 5.94. The number of esters is 4. The van der Waals surface area contributed by atoms with Gasteiger partial charge in [-0.3, -0.25) is 24.0 Å². The van der Waals surface area contributed by atoms with Crippen molar-refractivity contribution in [2.24, 2.45) is 23.5 Å². The monoisotopic (exact) mass is 618 g/mol. The van der Waals surface area contributed by atoms with E-state index in [1.807, 2.05) is 30.3 Å². The number of hydrogen-bond donors (Lipinski definition) is 1. The van der Waals surface area contributed by atoms with Crippen LogP contribution in [-0.4, -0.2) is 67.5 Å². The number of ether oxygens (including phenoxy) is 6. The fourth-order valence-electron chi connectivity index (χ4n) is 3.87. The van der Waals surface area contributed by atoms with Gasteiger partial charge in [0.15, 0.2) is 23.3 Å². The molecular weight excluding hydrogens is 576 g/mol. The zero-order valence-corrected chi connectivity index (χ0v) is 25.8. The number of rotatable bonds is 10. The summed E-state index contributed by atoms with van der Waals surface area (Å²) in [5, 5.41) is 0. The molecule has 0 unspecified atom stereocenters. The minimum absolute atomic E-state index is 0. The van der Waals surface area contributed by atoms with Gasteiger partial charge in [-0.25, -0.2) is 4.98 Å². The van der Waals surface area contributed by atoms with Crippen molar-refractivity contribution in [2.75, 3.05) is 20.5 Å². The Kier molecular flexibility index (Phi) is 14.1. The lowest BCUT2D eigenvalue weighted by Crippen LogP contribution is -2.43. The minimum Gasteiger partial charge on any atom is -0.493 e. The predicted octanol–water partition coefficient (Wildman–Crippen LogP) is 3.26. The Morgan fingerprint density at radius 2 is 1.70 bits per heavy atom. The molecule has 2 heterocycles. The van der Waals surface area contributed by atoms with Crippen molar-refractivity contribution in [3.8, 4) is 11.5 Å². The molecule has 2 aromatic rings. The molecule has 1 aromatic carbocycles. The van der Waals surface area contributed by atoms with Crippen molar-refractivity contribution >= 4 is 29.8 Å². The highest BCUT2D eigenvalue weighted by Crippen LogP contribution is 2.29. The van der Waals surface area contributed by atoms with Gasteiger partial charge in [0.1, 0.15) is 18.6 Å². The van der Waals surface area contributed by atoms with E-state index in [9.17, 15) is 24.0 Å². The van der Waals surface area contributed by atoms with E-state index in [2.05, 4.69) is 4.98 Å².